The minimum Gasteiger partial charge on any atom is -0.326 e. The van der Waals surface area contributed by atoms with Gasteiger partial charge in [0.15, 0.2) is 0 Å². The number of nitrogens with zero attached hydrogens (tertiary/aromatic N) is 3. The predicted molar refractivity (Wildman–Crippen MR) is 106 cm³/mol. The third-order valence-electron chi connectivity index (χ3n) is 4.33. The highest BCUT2D eigenvalue weighted by Gasteiger charge is 2.30. The van der Waals surface area contributed by atoms with E-state index in [1.54, 1.807) is 10.1 Å². The number of nitrogens with one attached hydrogen (secondary N) is 1. The number of benzene rings is 1. The van der Waals surface area contributed by atoms with E-state index in [1.165, 1.54) is 23.5 Å². The number of allylic oxidation sites excluding steroid dienone is 1. The van der Waals surface area contributed by atoms with Gasteiger partial charge >= 0.3 is 6.18 Å². The van der Waals surface area contributed by atoms with Crippen molar-refractivity contribution in [1.29, 1.82) is 0 Å². The van der Waals surface area contributed by atoms with E-state index in [0.29, 0.717) is 17.2 Å². The molecular weight excluding hydrogens is 401 g/mol. The number of rotatable bonds is 6. The van der Waals surface area contributed by atoms with Crippen LogP contribution in [0.5, 0.6) is 0 Å². The van der Waals surface area contributed by atoms with E-state index in [0.717, 1.165) is 29.1 Å². The van der Waals surface area contributed by atoms with E-state index >= 15 is 0 Å². The van der Waals surface area contributed by atoms with Gasteiger partial charge in [0.25, 0.3) is 0 Å². The lowest BCUT2D eigenvalue weighted by Gasteiger charge is -2.09. The Morgan fingerprint density at radius 3 is 2.79 bits per heavy atom. The molecule has 0 radical (unpaired) electrons. The molecule has 0 atom stereocenters. The number of hydrogen-bond donors (Lipinski definition) is 1. The summed E-state index contributed by atoms with van der Waals surface area (Å²) in [6.45, 7) is 7.61. The SMILES string of the molecule is C=CCc1c(C)nn(-c2nc(CC(=O)Nc3cccc(C(F)(F)F)c3)cs2)c1C. The summed E-state index contributed by atoms with van der Waals surface area (Å²) < 4.78 is 40.1. The summed E-state index contributed by atoms with van der Waals surface area (Å²) >= 11 is 1.35. The van der Waals surface area contributed by atoms with Crippen molar-refractivity contribution in [2.45, 2.75) is 32.9 Å². The largest absolute Gasteiger partial charge is 0.416 e. The average Bonchev–Trinajstić information content (AvgIpc) is 3.21. The highest BCUT2D eigenvalue weighted by atomic mass is 32.1. The molecule has 5 nitrogen and oxygen atoms in total. The molecule has 0 aliphatic carbocycles. The number of anilines is 1. The maximum Gasteiger partial charge on any atom is 0.416 e. The number of aromatic nitrogens is 3. The summed E-state index contributed by atoms with van der Waals surface area (Å²) in [5.41, 5.74) is 2.73. The number of aryl methyl sites for hydroxylation is 1. The van der Waals surface area contributed by atoms with Crippen LogP contribution in [0, 0.1) is 13.8 Å². The molecule has 0 unspecified atom stereocenters. The molecule has 0 bridgehead atoms. The smallest absolute Gasteiger partial charge is 0.326 e. The third kappa shape index (κ3) is 4.73. The summed E-state index contributed by atoms with van der Waals surface area (Å²) in [4.78, 5) is 16.7. The molecule has 0 fully saturated rings. The highest BCUT2D eigenvalue weighted by molar-refractivity contribution is 7.12. The van der Waals surface area contributed by atoms with Crippen LogP contribution in [0.2, 0.25) is 0 Å². The minimum absolute atomic E-state index is 0.0500. The van der Waals surface area contributed by atoms with Gasteiger partial charge in [-0.2, -0.15) is 18.3 Å². The molecule has 1 amide bonds. The molecule has 152 valence electrons. The fourth-order valence-electron chi connectivity index (χ4n) is 2.92. The fraction of sp³-hybridized carbons (Fsp3) is 0.250. The second-order valence-corrected chi connectivity index (χ2v) is 7.32. The van der Waals surface area contributed by atoms with E-state index in [2.05, 4.69) is 22.0 Å². The number of hydrogen-bond acceptors (Lipinski definition) is 4. The number of amides is 1. The Bertz CT molecular complexity index is 1050. The monoisotopic (exact) mass is 420 g/mol. The lowest BCUT2D eigenvalue weighted by molar-refractivity contribution is -0.137. The second kappa shape index (κ2) is 8.20. The first-order chi connectivity index (χ1) is 13.7. The number of thiazole rings is 1. The minimum atomic E-state index is -4.46. The van der Waals surface area contributed by atoms with Gasteiger partial charge in [-0.1, -0.05) is 12.1 Å². The Hall–Kier alpha value is -2.94. The first kappa shape index (κ1) is 20.8. The Balaban J connectivity index is 1.72. The van der Waals surface area contributed by atoms with Crippen molar-refractivity contribution in [2.24, 2.45) is 0 Å². The molecule has 0 spiro atoms. The quantitative estimate of drug-likeness (QED) is 0.579. The second-order valence-electron chi connectivity index (χ2n) is 6.48. The molecule has 9 heteroatoms. The van der Waals surface area contributed by atoms with Gasteiger partial charge in [-0.25, -0.2) is 9.67 Å². The van der Waals surface area contributed by atoms with Gasteiger partial charge < -0.3 is 5.32 Å². The van der Waals surface area contributed by atoms with Gasteiger partial charge in [0.2, 0.25) is 11.0 Å². The van der Waals surface area contributed by atoms with Gasteiger partial charge in [-0.15, -0.1) is 17.9 Å². The van der Waals surface area contributed by atoms with Crippen LogP contribution in [-0.4, -0.2) is 20.7 Å². The summed E-state index contributed by atoms with van der Waals surface area (Å²) in [5.74, 6) is -0.443. The van der Waals surface area contributed by atoms with Crippen molar-refractivity contribution in [3.8, 4) is 5.13 Å². The van der Waals surface area contributed by atoms with Crippen LogP contribution in [0.1, 0.15) is 28.2 Å². The summed E-state index contributed by atoms with van der Waals surface area (Å²) in [6, 6.07) is 4.53. The van der Waals surface area contributed by atoms with Crippen LogP contribution >= 0.6 is 11.3 Å². The molecule has 1 N–H and O–H groups in total. The lowest BCUT2D eigenvalue weighted by atomic mass is 10.1. The normalized spacial score (nSPS) is 11.5. The first-order valence-electron chi connectivity index (χ1n) is 8.77. The van der Waals surface area contributed by atoms with Crippen LogP contribution in [0.25, 0.3) is 5.13 Å². The summed E-state index contributed by atoms with van der Waals surface area (Å²) in [6.07, 6.45) is -2.00. The van der Waals surface area contributed by atoms with Crippen molar-refractivity contribution in [1.82, 2.24) is 14.8 Å². The first-order valence-corrected chi connectivity index (χ1v) is 9.65. The van der Waals surface area contributed by atoms with Gasteiger partial charge in [0.05, 0.1) is 23.4 Å². The Kier molecular flexibility index (Phi) is 5.88. The van der Waals surface area contributed by atoms with Gasteiger partial charge in [-0.05, 0) is 38.5 Å². The lowest BCUT2D eigenvalue weighted by Crippen LogP contribution is -2.15. The molecule has 1 aromatic carbocycles. The van der Waals surface area contributed by atoms with Crippen LogP contribution in [0.4, 0.5) is 18.9 Å². The van der Waals surface area contributed by atoms with Crippen molar-refractivity contribution < 1.29 is 18.0 Å². The molecular formula is C20H19F3N4OS. The van der Waals surface area contributed by atoms with Crippen molar-refractivity contribution in [3.05, 3.63) is 70.5 Å². The summed E-state index contributed by atoms with van der Waals surface area (Å²) in [5, 5.41) is 9.36. The van der Waals surface area contributed by atoms with E-state index in [4.69, 9.17) is 0 Å². The number of halogens is 3. The van der Waals surface area contributed by atoms with E-state index in [-0.39, 0.29) is 12.1 Å². The standard InChI is InChI=1S/C20H19F3N4OS/c1-4-6-17-12(2)26-27(13(17)3)19-25-16(11-29-19)10-18(28)24-15-8-5-7-14(9-15)20(21,22)23/h4-5,7-9,11H,1,6,10H2,2-3H3,(H,24,28). The topological polar surface area (TPSA) is 59.8 Å². The Labute approximate surface area is 169 Å². The molecule has 29 heavy (non-hydrogen) atoms. The fourth-order valence-corrected chi connectivity index (χ4v) is 3.74. The molecule has 0 saturated heterocycles. The van der Waals surface area contributed by atoms with E-state index in [1.807, 2.05) is 19.9 Å². The number of carbonyl (C=O) groups is 1. The molecule has 3 rings (SSSR count). The molecule has 0 aliphatic heterocycles. The van der Waals surface area contributed by atoms with Crippen LogP contribution in [0.3, 0.4) is 0 Å². The Morgan fingerprint density at radius 2 is 2.10 bits per heavy atom. The van der Waals surface area contributed by atoms with Crippen molar-refractivity contribution in [2.75, 3.05) is 5.32 Å². The van der Waals surface area contributed by atoms with Crippen LogP contribution in [-0.2, 0) is 23.8 Å². The maximum atomic E-state index is 12.8. The Morgan fingerprint density at radius 1 is 1.34 bits per heavy atom. The zero-order valence-corrected chi connectivity index (χ0v) is 16.7. The zero-order valence-electron chi connectivity index (χ0n) is 15.9. The number of carbonyl (C=O) groups excluding carboxylic acids is 1. The van der Waals surface area contributed by atoms with Gasteiger partial charge in [0.1, 0.15) is 0 Å². The maximum absolute atomic E-state index is 12.8. The number of alkyl halides is 3. The molecule has 0 aliphatic rings. The third-order valence-corrected chi connectivity index (χ3v) is 5.19. The highest BCUT2D eigenvalue weighted by Crippen LogP contribution is 2.30. The molecule has 3 aromatic rings. The molecule has 2 aromatic heterocycles. The average molecular weight is 420 g/mol. The molecule has 2 heterocycles. The van der Waals surface area contributed by atoms with E-state index in [9.17, 15) is 18.0 Å². The van der Waals surface area contributed by atoms with Crippen molar-refractivity contribution >= 4 is 22.9 Å². The van der Waals surface area contributed by atoms with Crippen LogP contribution < -0.4 is 5.32 Å². The van der Waals surface area contributed by atoms with E-state index < -0.39 is 17.6 Å². The van der Waals surface area contributed by atoms with Gasteiger partial charge in [-0.3, -0.25) is 4.79 Å². The van der Waals surface area contributed by atoms with Gasteiger partial charge in [0, 0.05) is 22.3 Å². The predicted octanol–water partition coefficient (Wildman–Crippen LogP) is 4.87. The van der Waals surface area contributed by atoms with Crippen LogP contribution in [0.15, 0.2) is 42.3 Å². The summed E-state index contributed by atoms with van der Waals surface area (Å²) in [7, 11) is 0. The van der Waals surface area contributed by atoms with Crippen molar-refractivity contribution in [3.63, 3.8) is 0 Å². The molecule has 0 saturated carbocycles. The zero-order chi connectivity index (χ0) is 21.2.